The molecule has 0 radical (unpaired) electrons. The maximum absolute atomic E-state index is 12.3. The van der Waals surface area contributed by atoms with Gasteiger partial charge in [-0.2, -0.15) is 0 Å². The topological polar surface area (TPSA) is 38.3 Å². The number of para-hydroxylation sites is 1. The molecule has 1 aliphatic rings. The van der Waals surface area contributed by atoms with Gasteiger partial charge in [0.15, 0.2) is 6.10 Å². The number of rotatable bonds is 2. The van der Waals surface area contributed by atoms with Crippen molar-refractivity contribution in [1.29, 1.82) is 0 Å². The summed E-state index contributed by atoms with van der Waals surface area (Å²) in [6.07, 6.45) is 0.118. The van der Waals surface area contributed by atoms with Gasteiger partial charge in [-0.25, -0.2) is 0 Å². The average Bonchev–Trinajstić information content (AvgIpc) is 2.87. The van der Waals surface area contributed by atoms with Crippen molar-refractivity contribution in [2.75, 3.05) is 5.32 Å². The summed E-state index contributed by atoms with van der Waals surface area (Å²) in [5, 5.41) is 3.48. The SMILES string of the molecule is Cc1ccc(Cl)cc1NC(=O)[C@@H]1Cc2ccccc2O1. The van der Waals surface area contributed by atoms with Crippen LogP contribution >= 0.6 is 11.6 Å². The molecule has 1 atom stereocenters. The molecule has 20 heavy (non-hydrogen) atoms. The summed E-state index contributed by atoms with van der Waals surface area (Å²) in [6, 6.07) is 13.1. The number of hydrogen-bond acceptors (Lipinski definition) is 2. The van der Waals surface area contributed by atoms with E-state index in [2.05, 4.69) is 5.32 Å². The van der Waals surface area contributed by atoms with Crippen molar-refractivity contribution in [3.8, 4) is 5.75 Å². The number of hydrogen-bond donors (Lipinski definition) is 1. The highest BCUT2D eigenvalue weighted by Crippen LogP contribution is 2.29. The van der Waals surface area contributed by atoms with Crippen LogP contribution in [0, 0.1) is 6.92 Å². The number of fused-ring (bicyclic) bond motifs is 1. The van der Waals surface area contributed by atoms with Gasteiger partial charge < -0.3 is 10.1 Å². The molecule has 0 saturated heterocycles. The molecule has 0 aromatic heterocycles. The number of benzene rings is 2. The molecule has 3 rings (SSSR count). The zero-order valence-corrected chi connectivity index (χ0v) is 11.8. The summed E-state index contributed by atoms with van der Waals surface area (Å²) in [5.74, 6) is 0.641. The van der Waals surface area contributed by atoms with Crippen LogP contribution in [0.5, 0.6) is 5.75 Å². The lowest BCUT2D eigenvalue weighted by Crippen LogP contribution is -2.31. The predicted molar refractivity (Wildman–Crippen MR) is 79.4 cm³/mol. The number of nitrogens with one attached hydrogen (secondary N) is 1. The fourth-order valence-corrected chi connectivity index (χ4v) is 2.44. The molecule has 102 valence electrons. The number of ether oxygens (including phenoxy) is 1. The summed E-state index contributed by atoms with van der Waals surface area (Å²) in [7, 11) is 0. The van der Waals surface area contributed by atoms with Gasteiger partial charge >= 0.3 is 0 Å². The largest absolute Gasteiger partial charge is 0.480 e. The van der Waals surface area contributed by atoms with Crippen LogP contribution in [-0.2, 0) is 11.2 Å². The lowest BCUT2D eigenvalue weighted by Gasteiger charge is -2.13. The zero-order chi connectivity index (χ0) is 14.1. The Labute approximate surface area is 122 Å². The van der Waals surface area contributed by atoms with E-state index in [9.17, 15) is 4.79 Å². The number of aryl methyl sites for hydroxylation is 1. The molecular weight excluding hydrogens is 274 g/mol. The minimum atomic E-state index is -0.481. The standard InChI is InChI=1S/C16H14ClNO2/c1-10-6-7-12(17)9-13(10)18-16(19)15-8-11-4-2-3-5-14(11)20-15/h2-7,9,15H,8H2,1H3,(H,18,19)/t15-/m0/s1. The number of carbonyl (C=O) groups excluding carboxylic acids is 1. The summed E-state index contributed by atoms with van der Waals surface area (Å²) in [4.78, 5) is 12.3. The fourth-order valence-electron chi connectivity index (χ4n) is 2.27. The molecule has 1 heterocycles. The fraction of sp³-hybridized carbons (Fsp3) is 0.188. The third-order valence-corrected chi connectivity index (χ3v) is 3.63. The summed E-state index contributed by atoms with van der Waals surface area (Å²) in [5.41, 5.74) is 2.76. The van der Waals surface area contributed by atoms with E-state index in [1.807, 2.05) is 37.3 Å². The molecule has 0 aliphatic carbocycles. The third kappa shape index (κ3) is 2.49. The molecule has 1 N–H and O–H groups in total. The number of halogens is 1. The Kier molecular flexibility index (Phi) is 3.36. The highest BCUT2D eigenvalue weighted by molar-refractivity contribution is 6.31. The van der Waals surface area contributed by atoms with Crippen LogP contribution in [0.2, 0.25) is 5.02 Å². The minimum Gasteiger partial charge on any atom is -0.480 e. The number of anilines is 1. The third-order valence-electron chi connectivity index (χ3n) is 3.40. The van der Waals surface area contributed by atoms with Crippen molar-refractivity contribution in [2.45, 2.75) is 19.4 Å². The van der Waals surface area contributed by atoms with Crippen LogP contribution < -0.4 is 10.1 Å². The first-order valence-electron chi connectivity index (χ1n) is 6.45. The molecule has 4 heteroatoms. The van der Waals surface area contributed by atoms with E-state index in [-0.39, 0.29) is 5.91 Å². The Hall–Kier alpha value is -2.00. The van der Waals surface area contributed by atoms with E-state index >= 15 is 0 Å². The van der Waals surface area contributed by atoms with Crippen LogP contribution in [0.1, 0.15) is 11.1 Å². The molecule has 3 nitrogen and oxygen atoms in total. The number of carbonyl (C=O) groups is 1. The van der Waals surface area contributed by atoms with Gasteiger partial charge in [0, 0.05) is 17.1 Å². The second-order valence-electron chi connectivity index (χ2n) is 4.87. The number of amides is 1. The van der Waals surface area contributed by atoms with Gasteiger partial charge in [-0.3, -0.25) is 4.79 Å². The normalized spacial score (nSPS) is 16.4. The quantitative estimate of drug-likeness (QED) is 0.917. The van der Waals surface area contributed by atoms with E-state index in [1.54, 1.807) is 12.1 Å². The molecule has 1 aliphatic heterocycles. The molecule has 0 spiro atoms. The summed E-state index contributed by atoms with van der Waals surface area (Å²) < 4.78 is 5.67. The lowest BCUT2D eigenvalue weighted by molar-refractivity contribution is -0.122. The van der Waals surface area contributed by atoms with Gasteiger partial charge in [-0.05, 0) is 36.2 Å². The Morgan fingerprint density at radius 3 is 2.90 bits per heavy atom. The van der Waals surface area contributed by atoms with Crippen molar-refractivity contribution in [3.05, 3.63) is 58.6 Å². The molecule has 0 unspecified atom stereocenters. The summed E-state index contributed by atoms with van der Waals surface area (Å²) in [6.45, 7) is 1.93. The van der Waals surface area contributed by atoms with Crippen LogP contribution in [0.15, 0.2) is 42.5 Å². The van der Waals surface area contributed by atoms with Crippen LogP contribution in [-0.4, -0.2) is 12.0 Å². The molecule has 1 amide bonds. The van der Waals surface area contributed by atoms with Crippen LogP contribution in [0.4, 0.5) is 5.69 Å². The Morgan fingerprint density at radius 2 is 2.10 bits per heavy atom. The maximum Gasteiger partial charge on any atom is 0.265 e. The van der Waals surface area contributed by atoms with Gasteiger partial charge in [0.25, 0.3) is 5.91 Å². The van der Waals surface area contributed by atoms with E-state index < -0.39 is 6.10 Å². The van der Waals surface area contributed by atoms with Crippen molar-refractivity contribution in [2.24, 2.45) is 0 Å². The van der Waals surface area contributed by atoms with Gasteiger partial charge in [0.05, 0.1) is 0 Å². The first kappa shape index (κ1) is 13.0. The average molecular weight is 288 g/mol. The first-order valence-corrected chi connectivity index (χ1v) is 6.83. The van der Waals surface area contributed by atoms with Crippen LogP contribution in [0.3, 0.4) is 0 Å². The molecule has 0 bridgehead atoms. The smallest absolute Gasteiger partial charge is 0.265 e. The molecule has 0 saturated carbocycles. The van der Waals surface area contributed by atoms with E-state index in [1.165, 1.54) is 0 Å². The van der Waals surface area contributed by atoms with E-state index in [0.29, 0.717) is 11.4 Å². The summed E-state index contributed by atoms with van der Waals surface area (Å²) >= 11 is 5.95. The Balaban J connectivity index is 1.74. The highest BCUT2D eigenvalue weighted by Gasteiger charge is 2.28. The van der Waals surface area contributed by atoms with Gasteiger partial charge in [0.1, 0.15) is 5.75 Å². The highest BCUT2D eigenvalue weighted by atomic mass is 35.5. The monoisotopic (exact) mass is 287 g/mol. The Morgan fingerprint density at radius 1 is 1.30 bits per heavy atom. The molecular formula is C16H14ClNO2. The lowest BCUT2D eigenvalue weighted by atomic mass is 10.1. The first-order chi connectivity index (χ1) is 9.63. The van der Waals surface area contributed by atoms with E-state index in [0.717, 1.165) is 22.6 Å². The zero-order valence-electron chi connectivity index (χ0n) is 11.0. The predicted octanol–water partition coefficient (Wildman–Crippen LogP) is 3.59. The van der Waals surface area contributed by atoms with Crippen molar-refractivity contribution < 1.29 is 9.53 Å². The minimum absolute atomic E-state index is 0.147. The molecule has 2 aromatic rings. The molecule has 2 aromatic carbocycles. The van der Waals surface area contributed by atoms with Gasteiger partial charge in [0.2, 0.25) is 0 Å². The maximum atomic E-state index is 12.3. The van der Waals surface area contributed by atoms with Crippen molar-refractivity contribution >= 4 is 23.2 Å². The van der Waals surface area contributed by atoms with E-state index in [4.69, 9.17) is 16.3 Å². The van der Waals surface area contributed by atoms with Crippen molar-refractivity contribution in [3.63, 3.8) is 0 Å². The second-order valence-corrected chi connectivity index (χ2v) is 5.30. The van der Waals surface area contributed by atoms with Gasteiger partial charge in [-0.15, -0.1) is 0 Å². The van der Waals surface area contributed by atoms with Crippen LogP contribution in [0.25, 0.3) is 0 Å². The van der Waals surface area contributed by atoms with Gasteiger partial charge in [-0.1, -0.05) is 35.9 Å². The second kappa shape index (κ2) is 5.17. The van der Waals surface area contributed by atoms with Crippen molar-refractivity contribution in [1.82, 2.24) is 0 Å². The molecule has 0 fully saturated rings. The Bertz CT molecular complexity index is 644.